The normalized spacial score (nSPS) is 25.2. The van der Waals surface area contributed by atoms with E-state index in [1.54, 1.807) is 11.4 Å². The fourth-order valence-corrected chi connectivity index (χ4v) is 5.09. The summed E-state index contributed by atoms with van der Waals surface area (Å²) in [5, 5.41) is 2.66. The molecule has 1 unspecified atom stereocenters. The van der Waals surface area contributed by atoms with Crippen molar-refractivity contribution in [1.29, 1.82) is 0 Å². The fraction of sp³-hybridized carbons (Fsp3) is 0.929. The SMILES string of the molecule is CCCS(=O)(=O)N1CCC(C2CCN(C(=O)NC)CC2)C1. The average molecular weight is 317 g/mol. The molecular formula is C14H27N3O3S. The van der Waals surface area contributed by atoms with Crippen molar-refractivity contribution in [3.63, 3.8) is 0 Å². The standard InChI is InChI=1S/C14H27N3O3S/c1-3-10-21(19,20)17-9-6-13(11-17)12-4-7-16(8-5-12)14(18)15-2/h12-13H,3-11H2,1-2H3,(H,15,18). The zero-order valence-corrected chi connectivity index (χ0v) is 13.9. The number of rotatable bonds is 4. The molecule has 122 valence electrons. The Morgan fingerprint density at radius 1 is 1.14 bits per heavy atom. The molecule has 2 aliphatic heterocycles. The van der Waals surface area contributed by atoms with Crippen LogP contribution in [-0.2, 0) is 10.0 Å². The molecule has 0 radical (unpaired) electrons. The van der Waals surface area contributed by atoms with Crippen molar-refractivity contribution in [2.45, 2.75) is 32.6 Å². The highest BCUT2D eigenvalue weighted by molar-refractivity contribution is 7.89. The minimum absolute atomic E-state index is 0.00739. The number of likely N-dealkylation sites (tertiary alicyclic amines) is 1. The molecule has 2 aliphatic rings. The zero-order chi connectivity index (χ0) is 15.5. The van der Waals surface area contributed by atoms with Gasteiger partial charge < -0.3 is 10.2 Å². The number of nitrogens with one attached hydrogen (secondary N) is 1. The van der Waals surface area contributed by atoms with Crippen molar-refractivity contribution in [1.82, 2.24) is 14.5 Å². The van der Waals surface area contributed by atoms with Crippen LogP contribution in [0, 0.1) is 11.8 Å². The number of hydrogen-bond donors (Lipinski definition) is 1. The van der Waals surface area contributed by atoms with Crippen molar-refractivity contribution >= 4 is 16.1 Å². The molecule has 1 N–H and O–H groups in total. The van der Waals surface area contributed by atoms with Crippen LogP contribution in [0.1, 0.15) is 32.6 Å². The highest BCUT2D eigenvalue weighted by Crippen LogP contribution is 2.33. The Morgan fingerprint density at radius 3 is 2.33 bits per heavy atom. The molecule has 0 spiro atoms. The Morgan fingerprint density at radius 2 is 1.76 bits per heavy atom. The molecular weight excluding hydrogens is 290 g/mol. The molecule has 0 aromatic heterocycles. The molecule has 21 heavy (non-hydrogen) atoms. The van der Waals surface area contributed by atoms with Crippen LogP contribution in [0.3, 0.4) is 0 Å². The van der Waals surface area contributed by atoms with E-state index in [1.807, 2.05) is 11.8 Å². The Labute approximate surface area is 127 Å². The highest BCUT2D eigenvalue weighted by Gasteiger charge is 2.36. The van der Waals surface area contributed by atoms with Crippen LogP contribution in [0.2, 0.25) is 0 Å². The molecule has 0 aromatic rings. The second-order valence-corrected chi connectivity index (χ2v) is 8.19. The maximum Gasteiger partial charge on any atom is 0.317 e. The van der Waals surface area contributed by atoms with E-state index >= 15 is 0 Å². The fourth-order valence-electron chi connectivity index (χ4n) is 3.51. The molecule has 2 rings (SSSR count). The molecule has 0 aliphatic carbocycles. The van der Waals surface area contributed by atoms with Gasteiger partial charge in [0, 0.05) is 33.2 Å². The van der Waals surface area contributed by atoms with Crippen molar-refractivity contribution in [2.24, 2.45) is 11.8 Å². The smallest absolute Gasteiger partial charge is 0.317 e. The Hall–Kier alpha value is -0.820. The summed E-state index contributed by atoms with van der Waals surface area (Å²) in [5.74, 6) is 1.27. The second-order valence-electron chi connectivity index (χ2n) is 6.10. The molecule has 1 atom stereocenters. The number of nitrogens with zero attached hydrogens (tertiary/aromatic N) is 2. The third kappa shape index (κ3) is 3.88. The van der Waals surface area contributed by atoms with E-state index in [4.69, 9.17) is 0 Å². The van der Waals surface area contributed by atoms with Crippen LogP contribution in [0.5, 0.6) is 0 Å². The van der Waals surface area contributed by atoms with Crippen molar-refractivity contribution in [2.75, 3.05) is 39.0 Å². The lowest BCUT2D eigenvalue weighted by Gasteiger charge is -2.34. The van der Waals surface area contributed by atoms with Crippen LogP contribution in [0.15, 0.2) is 0 Å². The summed E-state index contributed by atoms with van der Waals surface area (Å²) in [6, 6.07) is -0.00739. The Bertz CT molecular complexity index is 458. The van der Waals surface area contributed by atoms with Gasteiger partial charge >= 0.3 is 6.03 Å². The van der Waals surface area contributed by atoms with Gasteiger partial charge in [0.2, 0.25) is 10.0 Å². The number of urea groups is 1. The number of sulfonamides is 1. The summed E-state index contributed by atoms with van der Waals surface area (Å²) in [6.45, 7) is 4.81. The van der Waals surface area contributed by atoms with Gasteiger partial charge in [0.15, 0.2) is 0 Å². The van der Waals surface area contributed by atoms with Crippen LogP contribution in [0.4, 0.5) is 4.79 Å². The first-order valence-corrected chi connectivity index (χ1v) is 9.53. The van der Waals surface area contributed by atoms with Gasteiger partial charge in [0.05, 0.1) is 5.75 Å². The van der Waals surface area contributed by atoms with Gasteiger partial charge in [-0.05, 0) is 37.5 Å². The predicted octanol–water partition coefficient (Wildman–Crippen LogP) is 1.10. The van der Waals surface area contributed by atoms with Crippen LogP contribution in [0.25, 0.3) is 0 Å². The lowest BCUT2D eigenvalue weighted by molar-refractivity contribution is 0.153. The topological polar surface area (TPSA) is 69.7 Å². The zero-order valence-electron chi connectivity index (χ0n) is 13.0. The minimum Gasteiger partial charge on any atom is -0.341 e. The molecule has 0 aromatic carbocycles. The third-order valence-electron chi connectivity index (χ3n) is 4.75. The molecule has 2 saturated heterocycles. The summed E-state index contributed by atoms with van der Waals surface area (Å²) in [6.07, 6.45) is 3.61. The van der Waals surface area contributed by atoms with E-state index in [9.17, 15) is 13.2 Å². The van der Waals surface area contributed by atoms with Crippen molar-refractivity contribution < 1.29 is 13.2 Å². The molecule has 7 heteroatoms. The number of carbonyl (C=O) groups is 1. The number of hydrogen-bond acceptors (Lipinski definition) is 3. The van der Waals surface area contributed by atoms with Gasteiger partial charge in [-0.25, -0.2) is 17.5 Å². The quantitative estimate of drug-likeness (QED) is 0.844. The molecule has 0 saturated carbocycles. The minimum atomic E-state index is -3.05. The van der Waals surface area contributed by atoms with E-state index < -0.39 is 10.0 Å². The van der Waals surface area contributed by atoms with Gasteiger partial charge in [-0.15, -0.1) is 0 Å². The average Bonchev–Trinajstić information content (AvgIpc) is 2.97. The van der Waals surface area contributed by atoms with Crippen LogP contribution >= 0.6 is 0 Å². The van der Waals surface area contributed by atoms with Crippen LogP contribution < -0.4 is 5.32 Å². The number of piperidine rings is 1. The summed E-state index contributed by atoms with van der Waals surface area (Å²) in [7, 11) is -1.40. The predicted molar refractivity (Wildman–Crippen MR) is 82.5 cm³/mol. The van der Waals surface area contributed by atoms with Gasteiger partial charge in [0.1, 0.15) is 0 Å². The van der Waals surface area contributed by atoms with Gasteiger partial charge in [-0.3, -0.25) is 0 Å². The largest absolute Gasteiger partial charge is 0.341 e. The third-order valence-corrected chi connectivity index (χ3v) is 6.79. The summed E-state index contributed by atoms with van der Waals surface area (Å²) >= 11 is 0. The maximum atomic E-state index is 12.1. The van der Waals surface area contributed by atoms with Gasteiger partial charge in [0.25, 0.3) is 0 Å². The lowest BCUT2D eigenvalue weighted by atomic mass is 9.84. The lowest BCUT2D eigenvalue weighted by Crippen LogP contribution is -2.44. The molecule has 6 nitrogen and oxygen atoms in total. The second kappa shape index (κ2) is 6.96. The summed E-state index contributed by atoms with van der Waals surface area (Å²) < 4.78 is 25.9. The van der Waals surface area contributed by atoms with E-state index in [2.05, 4.69) is 5.32 Å². The van der Waals surface area contributed by atoms with Crippen molar-refractivity contribution in [3.8, 4) is 0 Å². The number of carbonyl (C=O) groups excluding carboxylic acids is 1. The van der Waals surface area contributed by atoms with Gasteiger partial charge in [-0.1, -0.05) is 6.92 Å². The van der Waals surface area contributed by atoms with Crippen molar-refractivity contribution in [3.05, 3.63) is 0 Å². The van der Waals surface area contributed by atoms with E-state index in [0.717, 1.165) is 32.4 Å². The van der Waals surface area contributed by atoms with Gasteiger partial charge in [-0.2, -0.15) is 0 Å². The number of amides is 2. The summed E-state index contributed by atoms with van der Waals surface area (Å²) in [4.78, 5) is 13.4. The Kier molecular flexibility index (Phi) is 5.48. The first kappa shape index (κ1) is 16.5. The van der Waals surface area contributed by atoms with E-state index in [0.29, 0.717) is 31.3 Å². The molecule has 2 amide bonds. The van der Waals surface area contributed by atoms with Crippen LogP contribution in [-0.4, -0.2) is 62.6 Å². The first-order valence-electron chi connectivity index (χ1n) is 7.92. The van der Waals surface area contributed by atoms with E-state index in [-0.39, 0.29) is 11.8 Å². The molecule has 2 heterocycles. The maximum absolute atomic E-state index is 12.1. The Balaban J connectivity index is 1.85. The summed E-state index contributed by atoms with van der Waals surface area (Å²) in [5.41, 5.74) is 0. The highest BCUT2D eigenvalue weighted by atomic mass is 32.2. The first-order chi connectivity index (χ1) is 9.97. The monoisotopic (exact) mass is 317 g/mol. The molecule has 2 fully saturated rings. The van der Waals surface area contributed by atoms with E-state index in [1.165, 1.54) is 0 Å². The molecule has 0 bridgehead atoms.